The Morgan fingerprint density at radius 2 is 1.82 bits per heavy atom. The van der Waals surface area contributed by atoms with Crippen molar-refractivity contribution in [1.29, 1.82) is 0 Å². The molecule has 17 heavy (non-hydrogen) atoms. The van der Waals surface area contributed by atoms with E-state index in [0.29, 0.717) is 5.22 Å². The van der Waals surface area contributed by atoms with Crippen LogP contribution in [0.1, 0.15) is 5.56 Å². The van der Waals surface area contributed by atoms with E-state index >= 15 is 0 Å². The monoisotopic (exact) mass is 230 g/mol. The van der Waals surface area contributed by atoms with Crippen LogP contribution in [0.2, 0.25) is 0 Å². The van der Waals surface area contributed by atoms with Crippen LogP contribution >= 0.6 is 0 Å². The summed E-state index contributed by atoms with van der Waals surface area (Å²) in [4.78, 5) is 23.6. The van der Waals surface area contributed by atoms with Crippen molar-refractivity contribution in [3.05, 3.63) is 34.2 Å². The van der Waals surface area contributed by atoms with Gasteiger partial charge in [0.1, 0.15) is 11.9 Å². The van der Waals surface area contributed by atoms with Gasteiger partial charge in [-0.2, -0.15) is 0 Å². The highest BCUT2D eigenvalue weighted by molar-refractivity contribution is 5.54. The van der Waals surface area contributed by atoms with Gasteiger partial charge in [0.05, 0.1) is 10.4 Å². The standard InChI is InChI=1S/C13H14N2O2/c16-9-12-2-1-11(7-13(12)10-17)8-15-5-3-14-4-6-15/h1-2,7,14H,3-6,8H2. The Labute approximate surface area is 99.2 Å². The maximum absolute atomic E-state index is 10.7. The Balaban J connectivity index is 2.22. The summed E-state index contributed by atoms with van der Waals surface area (Å²) in [6, 6.07) is 5.21. The summed E-state index contributed by atoms with van der Waals surface area (Å²) in [5.41, 5.74) is 1.03. The van der Waals surface area contributed by atoms with Crippen molar-refractivity contribution < 1.29 is 9.59 Å². The Morgan fingerprint density at radius 1 is 1.12 bits per heavy atom. The van der Waals surface area contributed by atoms with Crippen molar-refractivity contribution in [2.45, 2.75) is 6.54 Å². The molecule has 0 atom stereocenters. The Kier molecular flexibility index (Phi) is 3.86. The van der Waals surface area contributed by atoms with E-state index < -0.39 is 0 Å². The topological polar surface area (TPSA) is 49.4 Å². The van der Waals surface area contributed by atoms with Crippen molar-refractivity contribution >= 4 is 11.9 Å². The van der Waals surface area contributed by atoms with Crippen LogP contribution in [0.5, 0.6) is 0 Å². The first-order valence-electron chi connectivity index (χ1n) is 5.66. The molecule has 2 rings (SSSR count). The molecule has 4 heteroatoms. The number of piperazine rings is 1. The molecule has 88 valence electrons. The second kappa shape index (κ2) is 5.58. The molecular weight excluding hydrogens is 216 g/mol. The lowest BCUT2D eigenvalue weighted by Crippen LogP contribution is -2.43. The number of rotatable bonds is 2. The highest BCUT2D eigenvalue weighted by Gasteiger charge is 2.09. The van der Waals surface area contributed by atoms with Crippen LogP contribution in [0, 0.1) is 0 Å². The first-order chi connectivity index (χ1) is 8.33. The molecule has 1 aromatic rings. The van der Waals surface area contributed by atoms with E-state index in [2.05, 4.69) is 10.2 Å². The lowest BCUT2D eigenvalue weighted by molar-refractivity contribution is 0.233. The van der Waals surface area contributed by atoms with Gasteiger partial charge in [0.2, 0.25) is 0 Å². The lowest BCUT2D eigenvalue weighted by Gasteiger charge is -2.27. The Morgan fingerprint density at radius 3 is 2.47 bits per heavy atom. The molecule has 1 heterocycles. The predicted octanol–water partition coefficient (Wildman–Crippen LogP) is -1.90. The summed E-state index contributed by atoms with van der Waals surface area (Å²) in [6.07, 6.45) is 0. The molecule has 0 spiro atoms. The van der Waals surface area contributed by atoms with E-state index in [9.17, 15) is 9.59 Å². The van der Waals surface area contributed by atoms with Crippen molar-refractivity contribution in [2.24, 2.45) is 0 Å². The number of nitrogens with zero attached hydrogens (tertiary/aromatic N) is 1. The number of hydrogen-bond acceptors (Lipinski definition) is 4. The summed E-state index contributed by atoms with van der Waals surface area (Å²) in [5, 5.41) is 3.87. The number of nitrogens with one attached hydrogen (secondary N) is 1. The van der Waals surface area contributed by atoms with Crippen molar-refractivity contribution in [3.63, 3.8) is 0 Å². The van der Waals surface area contributed by atoms with Gasteiger partial charge in [-0.05, 0) is 17.7 Å². The molecule has 0 saturated carbocycles. The van der Waals surface area contributed by atoms with Crippen LogP contribution < -0.4 is 15.8 Å². The molecule has 1 fully saturated rings. The second-order valence-corrected chi connectivity index (χ2v) is 4.11. The molecule has 0 aromatic heterocycles. The summed E-state index contributed by atoms with van der Waals surface area (Å²) in [7, 11) is 0. The third kappa shape index (κ3) is 2.90. The van der Waals surface area contributed by atoms with Crippen molar-refractivity contribution in [1.82, 2.24) is 10.2 Å². The third-order valence-corrected chi connectivity index (χ3v) is 2.92. The zero-order valence-corrected chi connectivity index (χ0v) is 9.53. The fourth-order valence-electron chi connectivity index (χ4n) is 1.99. The molecule has 0 amide bonds. The van der Waals surface area contributed by atoms with Gasteiger partial charge in [0.25, 0.3) is 0 Å². The minimum absolute atomic E-state index is 0.282. The van der Waals surface area contributed by atoms with Crippen LogP contribution in [0.4, 0.5) is 0 Å². The second-order valence-electron chi connectivity index (χ2n) is 4.11. The smallest absolute Gasteiger partial charge is 0.133 e. The molecule has 4 nitrogen and oxygen atoms in total. The number of carbonyl (C=O) groups excluding carboxylic acids is 2. The Hall–Kier alpha value is -1.70. The van der Waals surface area contributed by atoms with E-state index in [1.54, 1.807) is 24.0 Å². The molecule has 1 saturated heterocycles. The van der Waals surface area contributed by atoms with Crippen LogP contribution in [-0.2, 0) is 16.1 Å². The maximum atomic E-state index is 10.7. The van der Waals surface area contributed by atoms with Crippen LogP contribution in [0.25, 0.3) is 0 Å². The average Bonchev–Trinajstić information content (AvgIpc) is 2.40. The zero-order valence-electron chi connectivity index (χ0n) is 9.53. The van der Waals surface area contributed by atoms with Crippen LogP contribution in [0.15, 0.2) is 18.2 Å². The van der Waals surface area contributed by atoms with Gasteiger partial charge < -0.3 is 5.32 Å². The lowest BCUT2D eigenvalue weighted by atomic mass is 10.1. The molecule has 1 aromatic carbocycles. The fraction of sp³-hybridized carbons (Fsp3) is 0.385. The number of benzene rings is 1. The predicted molar refractivity (Wildman–Crippen MR) is 63.4 cm³/mol. The molecule has 0 aliphatic carbocycles. The Bertz CT molecular complexity index is 551. The number of hydrogen-bond donors (Lipinski definition) is 1. The van der Waals surface area contributed by atoms with Crippen LogP contribution in [0.3, 0.4) is 0 Å². The third-order valence-electron chi connectivity index (χ3n) is 2.92. The molecule has 0 radical (unpaired) electrons. The summed E-state index contributed by atoms with van der Waals surface area (Å²) >= 11 is 0. The van der Waals surface area contributed by atoms with Crippen molar-refractivity contribution in [3.8, 4) is 0 Å². The van der Waals surface area contributed by atoms with Gasteiger partial charge in [-0.3, -0.25) is 4.90 Å². The summed E-state index contributed by atoms with van der Waals surface area (Å²) in [6.45, 7) is 4.79. The zero-order chi connectivity index (χ0) is 12.1. The van der Waals surface area contributed by atoms with Gasteiger partial charge in [0.15, 0.2) is 0 Å². The first kappa shape index (κ1) is 11.8. The van der Waals surface area contributed by atoms with Crippen molar-refractivity contribution in [2.75, 3.05) is 26.2 Å². The van der Waals surface area contributed by atoms with Gasteiger partial charge >= 0.3 is 0 Å². The molecule has 0 bridgehead atoms. The van der Waals surface area contributed by atoms with Gasteiger partial charge in [-0.15, -0.1) is 0 Å². The van der Waals surface area contributed by atoms with E-state index in [-0.39, 0.29) is 5.22 Å². The first-order valence-corrected chi connectivity index (χ1v) is 5.66. The van der Waals surface area contributed by atoms with Crippen LogP contribution in [-0.4, -0.2) is 43.0 Å². The molecule has 1 aliphatic heterocycles. The summed E-state index contributed by atoms with van der Waals surface area (Å²) < 4.78 is 0. The average molecular weight is 230 g/mol. The SMILES string of the molecule is O=C=c1ccc(CN2CCNCC2)cc1=C=O. The van der Waals surface area contributed by atoms with E-state index in [1.807, 2.05) is 6.07 Å². The highest BCUT2D eigenvalue weighted by Crippen LogP contribution is 2.01. The molecular formula is C13H14N2O2. The van der Waals surface area contributed by atoms with E-state index in [4.69, 9.17) is 0 Å². The largest absolute Gasteiger partial charge is 0.314 e. The maximum Gasteiger partial charge on any atom is 0.133 e. The van der Waals surface area contributed by atoms with Gasteiger partial charge in [-0.25, -0.2) is 9.59 Å². The van der Waals surface area contributed by atoms with E-state index in [1.165, 1.54) is 0 Å². The van der Waals surface area contributed by atoms with Gasteiger partial charge in [0, 0.05) is 32.7 Å². The van der Waals surface area contributed by atoms with Gasteiger partial charge in [-0.1, -0.05) is 6.07 Å². The minimum atomic E-state index is 0.282. The quantitative estimate of drug-likeness (QED) is 0.644. The fourth-order valence-corrected chi connectivity index (χ4v) is 1.99. The normalized spacial score (nSPS) is 16.2. The summed E-state index contributed by atoms with van der Waals surface area (Å²) in [5.74, 6) is 3.52. The molecule has 1 aliphatic rings. The minimum Gasteiger partial charge on any atom is -0.314 e. The molecule has 0 unspecified atom stereocenters. The van der Waals surface area contributed by atoms with E-state index in [0.717, 1.165) is 38.3 Å². The molecule has 1 N–H and O–H groups in total. The highest BCUT2D eigenvalue weighted by atomic mass is 16.1.